The monoisotopic (exact) mass is 363 g/mol. The van der Waals surface area contributed by atoms with E-state index in [1.807, 2.05) is 17.8 Å². The number of ether oxygens (including phenoxy) is 2. The zero-order valence-electron chi connectivity index (χ0n) is 15.2. The maximum absolute atomic E-state index is 6.14. The highest BCUT2D eigenvalue weighted by molar-refractivity contribution is 7.99. The maximum atomic E-state index is 6.14. The van der Waals surface area contributed by atoms with Crippen LogP contribution in [0.25, 0.3) is 0 Å². The molecular weight excluding hydrogens is 334 g/mol. The van der Waals surface area contributed by atoms with E-state index in [0.29, 0.717) is 13.2 Å². The van der Waals surface area contributed by atoms with E-state index in [4.69, 9.17) is 9.47 Å². The third-order valence-electron chi connectivity index (χ3n) is 3.85. The standard InChI is InChI=1S/C19H29N3O2S/c1-4-10-25-11-8-21-19(20-3)22-13-16-6-5-15(2)12-18(16)24-17-7-9-23-14-17/h4-6,12,17H,1,7-11,13-14H2,2-3H3,(H2,20,21,22). The largest absolute Gasteiger partial charge is 0.488 e. The molecule has 1 aliphatic heterocycles. The fraction of sp³-hybridized carbons (Fsp3) is 0.526. The molecule has 1 aromatic rings. The zero-order chi connectivity index (χ0) is 17.9. The van der Waals surface area contributed by atoms with Crippen molar-refractivity contribution in [3.05, 3.63) is 42.0 Å². The molecule has 0 radical (unpaired) electrons. The van der Waals surface area contributed by atoms with E-state index >= 15 is 0 Å². The minimum atomic E-state index is 0.153. The summed E-state index contributed by atoms with van der Waals surface area (Å²) in [6.07, 6.45) is 3.03. The smallest absolute Gasteiger partial charge is 0.191 e. The summed E-state index contributed by atoms with van der Waals surface area (Å²) in [5.41, 5.74) is 2.32. The number of benzene rings is 1. The third-order valence-corrected chi connectivity index (χ3v) is 4.81. The average molecular weight is 364 g/mol. The molecule has 1 atom stereocenters. The quantitative estimate of drug-likeness (QED) is 0.306. The first-order valence-electron chi connectivity index (χ1n) is 8.70. The van der Waals surface area contributed by atoms with Crippen LogP contribution in [0, 0.1) is 6.92 Å². The minimum absolute atomic E-state index is 0.153. The van der Waals surface area contributed by atoms with E-state index in [9.17, 15) is 0 Å². The molecule has 2 N–H and O–H groups in total. The van der Waals surface area contributed by atoms with Crippen LogP contribution in [-0.2, 0) is 11.3 Å². The lowest BCUT2D eigenvalue weighted by Gasteiger charge is -2.18. The van der Waals surface area contributed by atoms with Crippen LogP contribution in [0.4, 0.5) is 0 Å². The number of nitrogens with zero attached hydrogens (tertiary/aromatic N) is 1. The molecule has 0 spiro atoms. The molecule has 1 heterocycles. The number of nitrogens with one attached hydrogen (secondary N) is 2. The van der Waals surface area contributed by atoms with Crippen molar-refractivity contribution in [2.24, 2.45) is 4.99 Å². The Morgan fingerprint density at radius 2 is 2.36 bits per heavy atom. The van der Waals surface area contributed by atoms with E-state index in [-0.39, 0.29) is 6.10 Å². The second-order valence-corrected chi connectivity index (χ2v) is 7.08. The first-order chi connectivity index (χ1) is 12.2. The molecule has 0 bridgehead atoms. The number of hydrogen-bond donors (Lipinski definition) is 2. The van der Waals surface area contributed by atoms with Crippen LogP contribution in [0.2, 0.25) is 0 Å². The van der Waals surface area contributed by atoms with Crippen LogP contribution in [0.15, 0.2) is 35.8 Å². The Morgan fingerprint density at radius 1 is 1.48 bits per heavy atom. The molecule has 0 amide bonds. The first-order valence-corrected chi connectivity index (χ1v) is 9.85. The summed E-state index contributed by atoms with van der Waals surface area (Å²) in [5.74, 6) is 3.73. The third kappa shape index (κ3) is 7.00. The summed E-state index contributed by atoms with van der Waals surface area (Å²) in [5, 5.41) is 6.69. The normalized spacial score (nSPS) is 17.4. The molecule has 1 fully saturated rings. The molecule has 5 nitrogen and oxygen atoms in total. The predicted octanol–water partition coefficient (Wildman–Crippen LogP) is 2.75. The van der Waals surface area contributed by atoms with Crippen molar-refractivity contribution < 1.29 is 9.47 Å². The fourth-order valence-corrected chi connectivity index (χ4v) is 3.09. The van der Waals surface area contributed by atoms with Gasteiger partial charge in [0, 0.05) is 43.6 Å². The minimum Gasteiger partial charge on any atom is -0.488 e. The van der Waals surface area contributed by atoms with Crippen LogP contribution in [0.3, 0.4) is 0 Å². The van der Waals surface area contributed by atoms with Gasteiger partial charge in [-0.05, 0) is 18.6 Å². The van der Waals surface area contributed by atoms with E-state index < -0.39 is 0 Å². The highest BCUT2D eigenvalue weighted by atomic mass is 32.2. The molecule has 1 unspecified atom stereocenters. The van der Waals surface area contributed by atoms with Crippen molar-refractivity contribution in [1.29, 1.82) is 0 Å². The number of guanidine groups is 1. The van der Waals surface area contributed by atoms with Gasteiger partial charge < -0.3 is 20.1 Å². The van der Waals surface area contributed by atoms with Crippen molar-refractivity contribution in [2.75, 3.05) is 38.3 Å². The molecule has 138 valence electrons. The molecule has 0 aromatic heterocycles. The lowest BCUT2D eigenvalue weighted by Crippen LogP contribution is -2.38. The molecule has 0 aliphatic carbocycles. The number of thioether (sulfide) groups is 1. The summed E-state index contributed by atoms with van der Waals surface area (Å²) in [6.45, 7) is 8.80. The molecular formula is C19H29N3O2S. The van der Waals surface area contributed by atoms with Gasteiger partial charge >= 0.3 is 0 Å². The van der Waals surface area contributed by atoms with Crippen LogP contribution >= 0.6 is 11.8 Å². The first kappa shape index (κ1) is 19.7. The fourth-order valence-electron chi connectivity index (χ4n) is 2.51. The lowest BCUT2D eigenvalue weighted by molar-refractivity contribution is 0.140. The molecule has 0 saturated carbocycles. The van der Waals surface area contributed by atoms with Crippen LogP contribution < -0.4 is 15.4 Å². The highest BCUT2D eigenvalue weighted by Crippen LogP contribution is 2.23. The number of rotatable bonds is 9. The second kappa shape index (κ2) is 11.1. The molecule has 1 aromatic carbocycles. The average Bonchev–Trinajstić information content (AvgIpc) is 3.12. The number of aryl methyl sites for hydroxylation is 1. The Labute approximate surface area is 155 Å². The molecule has 1 saturated heterocycles. The van der Waals surface area contributed by atoms with Crippen molar-refractivity contribution in [3.63, 3.8) is 0 Å². The van der Waals surface area contributed by atoms with Gasteiger partial charge in [0.15, 0.2) is 5.96 Å². The van der Waals surface area contributed by atoms with Crippen molar-refractivity contribution in [2.45, 2.75) is 26.0 Å². The van der Waals surface area contributed by atoms with Gasteiger partial charge in [-0.15, -0.1) is 6.58 Å². The lowest BCUT2D eigenvalue weighted by atomic mass is 10.1. The SMILES string of the molecule is C=CCSCCNC(=NC)NCc1ccc(C)cc1OC1CCOC1. The predicted molar refractivity (Wildman–Crippen MR) is 107 cm³/mol. The number of aliphatic imine (C=N–C) groups is 1. The van der Waals surface area contributed by atoms with Gasteiger partial charge in [0.05, 0.1) is 13.2 Å². The van der Waals surface area contributed by atoms with E-state index in [1.54, 1.807) is 7.05 Å². The van der Waals surface area contributed by atoms with Crippen LogP contribution in [-0.4, -0.2) is 50.4 Å². The molecule has 25 heavy (non-hydrogen) atoms. The van der Waals surface area contributed by atoms with E-state index in [1.165, 1.54) is 5.56 Å². The van der Waals surface area contributed by atoms with Gasteiger partial charge in [0.1, 0.15) is 11.9 Å². The van der Waals surface area contributed by atoms with Crippen LogP contribution in [0.1, 0.15) is 17.5 Å². The van der Waals surface area contributed by atoms with E-state index in [2.05, 4.69) is 47.3 Å². The molecule has 2 rings (SSSR count). The Balaban J connectivity index is 1.86. The summed E-state index contributed by atoms with van der Waals surface area (Å²) >= 11 is 1.85. The highest BCUT2D eigenvalue weighted by Gasteiger charge is 2.18. The summed E-state index contributed by atoms with van der Waals surface area (Å²) in [4.78, 5) is 4.28. The summed E-state index contributed by atoms with van der Waals surface area (Å²) < 4.78 is 11.6. The molecule has 1 aliphatic rings. The number of hydrogen-bond acceptors (Lipinski definition) is 4. The maximum Gasteiger partial charge on any atom is 0.191 e. The van der Waals surface area contributed by atoms with Gasteiger partial charge in [-0.1, -0.05) is 18.2 Å². The zero-order valence-corrected chi connectivity index (χ0v) is 16.0. The topological polar surface area (TPSA) is 54.9 Å². The van der Waals surface area contributed by atoms with Gasteiger partial charge in [0.25, 0.3) is 0 Å². The molecule has 6 heteroatoms. The Morgan fingerprint density at radius 3 is 3.08 bits per heavy atom. The van der Waals surface area contributed by atoms with Gasteiger partial charge in [-0.25, -0.2) is 0 Å². The second-order valence-electron chi connectivity index (χ2n) is 5.93. The van der Waals surface area contributed by atoms with E-state index in [0.717, 1.165) is 48.4 Å². The van der Waals surface area contributed by atoms with Crippen molar-refractivity contribution in [1.82, 2.24) is 10.6 Å². The van der Waals surface area contributed by atoms with Gasteiger partial charge in [0.2, 0.25) is 0 Å². The summed E-state index contributed by atoms with van der Waals surface area (Å²) in [6, 6.07) is 6.31. The van der Waals surface area contributed by atoms with Crippen molar-refractivity contribution >= 4 is 17.7 Å². The van der Waals surface area contributed by atoms with Crippen molar-refractivity contribution in [3.8, 4) is 5.75 Å². The van der Waals surface area contributed by atoms with Gasteiger partial charge in [-0.3, -0.25) is 4.99 Å². The Hall–Kier alpha value is -1.66. The van der Waals surface area contributed by atoms with Gasteiger partial charge in [-0.2, -0.15) is 11.8 Å². The Kier molecular flexibility index (Phi) is 8.69. The summed E-state index contributed by atoms with van der Waals surface area (Å²) in [7, 11) is 1.79. The van der Waals surface area contributed by atoms with Crippen LogP contribution in [0.5, 0.6) is 5.75 Å². The Bertz CT molecular complexity index is 572.